The van der Waals surface area contributed by atoms with Gasteiger partial charge in [-0.15, -0.1) is 0 Å². The maximum atomic E-state index is 13.5. The Balaban J connectivity index is 2.55. The zero-order valence-electron chi connectivity index (χ0n) is 9.92. The fourth-order valence-corrected chi connectivity index (χ4v) is 1.20. The smallest absolute Gasteiger partial charge is 0.132 e. The molecule has 1 rings (SSSR count). The molecule has 0 aliphatic rings. The van der Waals surface area contributed by atoms with E-state index >= 15 is 0 Å². The first-order valence-electron chi connectivity index (χ1n) is 5.11. The molecule has 3 nitrogen and oxygen atoms in total. The summed E-state index contributed by atoms with van der Waals surface area (Å²) in [6.45, 7) is 4.32. The maximum Gasteiger partial charge on any atom is 0.132 e. The lowest BCUT2D eigenvalue weighted by Gasteiger charge is -2.18. The zero-order valence-corrected chi connectivity index (χ0v) is 9.92. The third-order valence-electron chi connectivity index (χ3n) is 1.99. The van der Waals surface area contributed by atoms with E-state index in [2.05, 4.69) is 0 Å². The van der Waals surface area contributed by atoms with E-state index in [4.69, 9.17) is 15.2 Å². The molecule has 0 radical (unpaired) electrons. The second-order valence-electron chi connectivity index (χ2n) is 4.44. The normalized spacial score (nSPS) is 11.6. The van der Waals surface area contributed by atoms with Crippen LogP contribution in [0.15, 0.2) is 18.2 Å². The lowest BCUT2D eigenvalue weighted by Crippen LogP contribution is -2.37. The first-order chi connectivity index (χ1) is 7.42. The van der Waals surface area contributed by atoms with Gasteiger partial charge in [0.2, 0.25) is 0 Å². The molecule has 0 fully saturated rings. The third-order valence-corrected chi connectivity index (χ3v) is 1.99. The average molecular weight is 227 g/mol. The summed E-state index contributed by atoms with van der Waals surface area (Å²) in [7, 11) is 1.50. The van der Waals surface area contributed by atoms with Gasteiger partial charge in [0.05, 0.1) is 20.3 Å². The SMILES string of the molecule is COc1ccc(COCC(C)(C)N)c(F)c1. The fourth-order valence-electron chi connectivity index (χ4n) is 1.20. The van der Waals surface area contributed by atoms with Crippen molar-refractivity contribution in [2.24, 2.45) is 5.73 Å². The quantitative estimate of drug-likeness (QED) is 0.837. The fraction of sp³-hybridized carbons (Fsp3) is 0.500. The summed E-state index contributed by atoms with van der Waals surface area (Å²) in [5, 5.41) is 0. The van der Waals surface area contributed by atoms with Crippen molar-refractivity contribution in [3.8, 4) is 5.75 Å². The van der Waals surface area contributed by atoms with Gasteiger partial charge in [-0.25, -0.2) is 4.39 Å². The molecule has 2 N–H and O–H groups in total. The van der Waals surface area contributed by atoms with Crippen LogP contribution in [0.5, 0.6) is 5.75 Å². The minimum atomic E-state index is -0.400. The van der Waals surface area contributed by atoms with E-state index in [0.29, 0.717) is 17.9 Å². The van der Waals surface area contributed by atoms with E-state index in [0.717, 1.165) is 0 Å². The van der Waals surface area contributed by atoms with Crippen LogP contribution >= 0.6 is 0 Å². The molecule has 1 aromatic carbocycles. The second kappa shape index (κ2) is 5.27. The minimum Gasteiger partial charge on any atom is -0.497 e. The van der Waals surface area contributed by atoms with Gasteiger partial charge in [-0.3, -0.25) is 0 Å². The van der Waals surface area contributed by atoms with Crippen LogP contribution in [0.3, 0.4) is 0 Å². The molecule has 0 bridgehead atoms. The summed E-state index contributed by atoms with van der Waals surface area (Å²) in [6, 6.07) is 4.69. The van der Waals surface area contributed by atoms with Crippen LogP contribution in [0, 0.1) is 5.82 Å². The van der Waals surface area contributed by atoms with Crippen molar-refractivity contribution in [2.45, 2.75) is 26.0 Å². The van der Waals surface area contributed by atoms with Gasteiger partial charge < -0.3 is 15.2 Å². The molecule has 0 amide bonds. The molecule has 0 heterocycles. The first kappa shape index (κ1) is 12.9. The van der Waals surface area contributed by atoms with E-state index in [9.17, 15) is 4.39 Å². The molecule has 0 aromatic heterocycles. The molecule has 16 heavy (non-hydrogen) atoms. The Bertz CT molecular complexity index is 347. The monoisotopic (exact) mass is 227 g/mol. The Morgan fingerprint density at radius 2 is 2.06 bits per heavy atom. The Morgan fingerprint density at radius 3 is 2.56 bits per heavy atom. The second-order valence-corrected chi connectivity index (χ2v) is 4.44. The number of halogens is 1. The Morgan fingerprint density at radius 1 is 1.38 bits per heavy atom. The van der Waals surface area contributed by atoms with Crippen molar-refractivity contribution in [1.29, 1.82) is 0 Å². The van der Waals surface area contributed by atoms with Crippen LogP contribution in [-0.2, 0) is 11.3 Å². The van der Waals surface area contributed by atoms with Crippen molar-refractivity contribution in [1.82, 2.24) is 0 Å². The molecular formula is C12H18FNO2. The number of hydrogen-bond donors (Lipinski definition) is 1. The summed E-state index contributed by atoms with van der Waals surface area (Å²) in [4.78, 5) is 0. The summed E-state index contributed by atoms with van der Waals surface area (Å²) >= 11 is 0. The Kier molecular flexibility index (Phi) is 4.26. The van der Waals surface area contributed by atoms with E-state index in [-0.39, 0.29) is 12.4 Å². The summed E-state index contributed by atoms with van der Waals surface area (Å²) in [6.07, 6.45) is 0. The van der Waals surface area contributed by atoms with Crippen LogP contribution in [-0.4, -0.2) is 19.3 Å². The highest BCUT2D eigenvalue weighted by molar-refractivity contribution is 5.28. The van der Waals surface area contributed by atoms with E-state index in [1.165, 1.54) is 13.2 Å². The summed E-state index contributed by atoms with van der Waals surface area (Å²) in [5.74, 6) is 0.176. The van der Waals surface area contributed by atoms with Gasteiger partial charge in [0, 0.05) is 17.2 Å². The number of hydrogen-bond acceptors (Lipinski definition) is 3. The molecule has 0 aliphatic carbocycles. The predicted octanol–water partition coefficient (Wildman–Crippen LogP) is 2.09. The van der Waals surface area contributed by atoms with Crippen LogP contribution in [0.2, 0.25) is 0 Å². The van der Waals surface area contributed by atoms with E-state index in [1.54, 1.807) is 12.1 Å². The Hall–Kier alpha value is -1.13. The Labute approximate surface area is 95.4 Å². The van der Waals surface area contributed by atoms with Crippen LogP contribution < -0.4 is 10.5 Å². The number of rotatable bonds is 5. The summed E-state index contributed by atoms with van der Waals surface area (Å²) in [5.41, 5.74) is 5.85. The molecule has 4 heteroatoms. The van der Waals surface area contributed by atoms with Gasteiger partial charge in [-0.05, 0) is 19.9 Å². The summed E-state index contributed by atoms with van der Waals surface area (Å²) < 4.78 is 23.7. The molecule has 0 saturated heterocycles. The average Bonchev–Trinajstić information content (AvgIpc) is 2.18. The van der Waals surface area contributed by atoms with Crippen LogP contribution in [0.4, 0.5) is 4.39 Å². The highest BCUT2D eigenvalue weighted by Crippen LogP contribution is 2.17. The number of nitrogens with two attached hydrogens (primary N) is 1. The third kappa shape index (κ3) is 4.16. The molecule has 0 saturated carbocycles. The highest BCUT2D eigenvalue weighted by atomic mass is 19.1. The molecule has 0 spiro atoms. The topological polar surface area (TPSA) is 44.5 Å². The van der Waals surface area contributed by atoms with Gasteiger partial charge in [-0.2, -0.15) is 0 Å². The van der Waals surface area contributed by atoms with Gasteiger partial charge in [-0.1, -0.05) is 6.07 Å². The van der Waals surface area contributed by atoms with Gasteiger partial charge in [0.25, 0.3) is 0 Å². The van der Waals surface area contributed by atoms with Crippen molar-refractivity contribution in [2.75, 3.05) is 13.7 Å². The van der Waals surface area contributed by atoms with Crippen molar-refractivity contribution in [3.05, 3.63) is 29.6 Å². The molecule has 0 aliphatic heterocycles. The molecule has 0 atom stereocenters. The molecule has 90 valence electrons. The largest absolute Gasteiger partial charge is 0.497 e. The van der Waals surface area contributed by atoms with Crippen LogP contribution in [0.25, 0.3) is 0 Å². The van der Waals surface area contributed by atoms with Crippen LogP contribution in [0.1, 0.15) is 19.4 Å². The number of ether oxygens (including phenoxy) is 2. The van der Waals surface area contributed by atoms with Gasteiger partial charge in [0.1, 0.15) is 11.6 Å². The number of methoxy groups -OCH3 is 1. The predicted molar refractivity (Wildman–Crippen MR) is 60.9 cm³/mol. The van der Waals surface area contributed by atoms with Gasteiger partial charge >= 0.3 is 0 Å². The van der Waals surface area contributed by atoms with Crippen molar-refractivity contribution < 1.29 is 13.9 Å². The van der Waals surface area contributed by atoms with E-state index < -0.39 is 5.54 Å². The zero-order chi connectivity index (χ0) is 12.2. The molecule has 0 unspecified atom stereocenters. The van der Waals surface area contributed by atoms with Gasteiger partial charge in [0.15, 0.2) is 0 Å². The lowest BCUT2D eigenvalue weighted by molar-refractivity contribution is 0.0832. The lowest BCUT2D eigenvalue weighted by atomic mass is 10.1. The first-order valence-corrected chi connectivity index (χ1v) is 5.11. The highest BCUT2D eigenvalue weighted by Gasteiger charge is 2.11. The maximum absolute atomic E-state index is 13.5. The number of benzene rings is 1. The molecular weight excluding hydrogens is 209 g/mol. The van der Waals surface area contributed by atoms with Crippen molar-refractivity contribution >= 4 is 0 Å². The van der Waals surface area contributed by atoms with E-state index in [1.807, 2.05) is 13.8 Å². The van der Waals surface area contributed by atoms with Crippen molar-refractivity contribution in [3.63, 3.8) is 0 Å². The minimum absolute atomic E-state index is 0.219. The molecule has 1 aromatic rings. The standard InChI is InChI=1S/C12H18FNO2/c1-12(2,14)8-16-7-9-4-5-10(15-3)6-11(9)13/h4-6H,7-8,14H2,1-3H3.